The molecule has 0 radical (unpaired) electrons. The predicted octanol–water partition coefficient (Wildman–Crippen LogP) is 0.593. The van der Waals surface area contributed by atoms with Crippen LogP contribution in [0.5, 0.6) is 0 Å². The first kappa shape index (κ1) is 12.6. The lowest BCUT2D eigenvalue weighted by Crippen LogP contribution is -2.27. The third-order valence-corrected chi connectivity index (χ3v) is 3.53. The topological polar surface area (TPSA) is 100 Å². The van der Waals surface area contributed by atoms with Gasteiger partial charge in [0.05, 0.1) is 0 Å². The number of carbonyl (C=O) groups excluding carboxylic acids is 2. The number of anilines is 2. The number of nitrogens with zero attached hydrogens (tertiary/aromatic N) is 2. The zero-order chi connectivity index (χ0) is 13.1. The van der Waals surface area contributed by atoms with Gasteiger partial charge in [-0.15, -0.1) is 0 Å². The van der Waals surface area contributed by atoms with Gasteiger partial charge in [0.15, 0.2) is 5.82 Å². The highest BCUT2D eigenvalue weighted by Gasteiger charge is 2.25. The molecule has 3 amide bonds. The molecule has 1 saturated heterocycles. The standard InChI is InChI=1S/C10H15N5O2S/c1-12-10(17)13-9-6(7(11)16)8(14-18-9)15-4-2-3-5-15/h2-5H2,1H3,(H2,11,16)(H2,12,13,17). The molecule has 7 nitrogen and oxygen atoms in total. The van der Waals surface area contributed by atoms with Gasteiger partial charge in [-0.1, -0.05) is 0 Å². The number of nitrogens with two attached hydrogens (primary N) is 1. The molecule has 0 saturated carbocycles. The summed E-state index contributed by atoms with van der Waals surface area (Å²) in [6.45, 7) is 1.73. The molecule has 0 bridgehead atoms. The van der Waals surface area contributed by atoms with Gasteiger partial charge in [-0.3, -0.25) is 10.1 Å². The van der Waals surface area contributed by atoms with Crippen LogP contribution >= 0.6 is 11.5 Å². The lowest BCUT2D eigenvalue weighted by atomic mass is 10.3. The Balaban J connectivity index is 2.30. The van der Waals surface area contributed by atoms with E-state index in [0.29, 0.717) is 16.4 Å². The van der Waals surface area contributed by atoms with E-state index in [1.807, 2.05) is 4.90 Å². The third kappa shape index (κ3) is 2.37. The van der Waals surface area contributed by atoms with Crippen LogP contribution in [-0.2, 0) is 0 Å². The molecule has 0 unspecified atom stereocenters. The Hall–Kier alpha value is -1.83. The molecule has 0 spiro atoms. The molecule has 0 atom stereocenters. The van der Waals surface area contributed by atoms with Crippen molar-refractivity contribution in [3.63, 3.8) is 0 Å². The van der Waals surface area contributed by atoms with Gasteiger partial charge in [0, 0.05) is 20.1 Å². The SMILES string of the molecule is CNC(=O)Nc1snc(N2CCCC2)c1C(N)=O. The van der Waals surface area contributed by atoms with E-state index >= 15 is 0 Å². The number of rotatable bonds is 3. The minimum Gasteiger partial charge on any atom is -0.365 e. The van der Waals surface area contributed by atoms with Gasteiger partial charge in [0.1, 0.15) is 10.6 Å². The fourth-order valence-corrected chi connectivity index (χ4v) is 2.71. The summed E-state index contributed by atoms with van der Waals surface area (Å²) in [6.07, 6.45) is 2.15. The monoisotopic (exact) mass is 269 g/mol. The van der Waals surface area contributed by atoms with E-state index < -0.39 is 11.9 Å². The Morgan fingerprint density at radius 2 is 2.06 bits per heavy atom. The van der Waals surface area contributed by atoms with Crippen LogP contribution < -0.4 is 21.3 Å². The summed E-state index contributed by atoms with van der Waals surface area (Å²) in [5.41, 5.74) is 5.67. The number of nitrogens with one attached hydrogen (secondary N) is 2. The summed E-state index contributed by atoms with van der Waals surface area (Å²) in [6, 6.07) is -0.394. The fourth-order valence-electron chi connectivity index (χ4n) is 1.90. The van der Waals surface area contributed by atoms with E-state index in [1.54, 1.807) is 0 Å². The average molecular weight is 269 g/mol. The van der Waals surface area contributed by atoms with Crippen molar-refractivity contribution in [2.75, 3.05) is 30.4 Å². The zero-order valence-electron chi connectivity index (χ0n) is 10.0. The summed E-state index contributed by atoms with van der Waals surface area (Å²) < 4.78 is 4.23. The second kappa shape index (κ2) is 5.21. The number of hydrogen-bond donors (Lipinski definition) is 3. The van der Waals surface area contributed by atoms with Gasteiger partial charge in [-0.2, -0.15) is 4.37 Å². The van der Waals surface area contributed by atoms with Crippen LogP contribution in [0.15, 0.2) is 0 Å². The van der Waals surface area contributed by atoms with E-state index in [2.05, 4.69) is 15.0 Å². The third-order valence-electron chi connectivity index (χ3n) is 2.78. The maximum Gasteiger partial charge on any atom is 0.319 e. The highest BCUT2D eigenvalue weighted by Crippen LogP contribution is 2.32. The van der Waals surface area contributed by atoms with Crippen LogP contribution in [0.4, 0.5) is 15.6 Å². The van der Waals surface area contributed by atoms with Crippen molar-refractivity contribution in [2.45, 2.75) is 12.8 Å². The number of primary amides is 1. The Bertz CT molecular complexity index is 467. The second-order valence-electron chi connectivity index (χ2n) is 3.97. The van der Waals surface area contributed by atoms with Crippen LogP contribution in [0.3, 0.4) is 0 Å². The van der Waals surface area contributed by atoms with Gasteiger partial charge in [0.25, 0.3) is 5.91 Å². The molecule has 2 heterocycles. The molecule has 2 rings (SSSR count). The number of urea groups is 1. The summed E-state index contributed by atoms with van der Waals surface area (Å²) in [5.74, 6) is 0.00783. The predicted molar refractivity (Wildman–Crippen MR) is 70.2 cm³/mol. The van der Waals surface area contributed by atoms with E-state index in [4.69, 9.17) is 5.73 Å². The van der Waals surface area contributed by atoms with Gasteiger partial charge in [-0.05, 0) is 24.4 Å². The largest absolute Gasteiger partial charge is 0.365 e. The molecule has 8 heteroatoms. The molecule has 1 aliphatic rings. The van der Waals surface area contributed by atoms with Crippen molar-refractivity contribution in [1.29, 1.82) is 0 Å². The van der Waals surface area contributed by atoms with Gasteiger partial charge in [-0.25, -0.2) is 4.79 Å². The number of aromatic nitrogens is 1. The molecule has 0 aromatic carbocycles. The van der Waals surface area contributed by atoms with Crippen LogP contribution in [0.1, 0.15) is 23.2 Å². The molecular formula is C10H15N5O2S. The van der Waals surface area contributed by atoms with Crippen LogP contribution in [-0.4, -0.2) is 36.4 Å². The second-order valence-corrected chi connectivity index (χ2v) is 4.75. The molecule has 1 fully saturated rings. The molecular weight excluding hydrogens is 254 g/mol. The highest BCUT2D eigenvalue weighted by molar-refractivity contribution is 7.11. The van der Waals surface area contributed by atoms with E-state index in [-0.39, 0.29) is 0 Å². The first-order valence-corrected chi connectivity index (χ1v) is 6.44. The van der Waals surface area contributed by atoms with E-state index in [1.165, 1.54) is 7.05 Å². The number of hydrogen-bond acceptors (Lipinski definition) is 5. The number of carbonyl (C=O) groups is 2. The molecule has 1 aromatic rings. The highest BCUT2D eigenvalue weighted by atomic mass is 32.1. The summed E-state index contributed by atoms with van der Waals surface area (Å²) in [4.78, 5) is 24.8. The molecule has 0 aliphatic carbocycles. The first-order chi connectivity index (χ1) is 8.63. The maximum absolute atomic E-state index is 11.5. The normalized spacial score (nSPS) is 14.6. The van der Waals surface area contributed by atoms with Crippen molar-refractivity contribution < 1.29 is 9.59 Å². The van der Waals surface area contributed by atoms with Gasteiger partial charge < -0.3 is 16.0 Å². The summed E-state index contributed by atoms with van der Waals surface area (Å²) in [5, 5.41) is 5.38. The molecule has 1 aromatic heterocycles. The summed E-state index contributed by atoms with van der Waals surface area (Å²) >= 11 is 1.07. The zero-order valence-corrected chi connectivity index (χ0v) is 10.8. The molecule has 4 N–H and O–H groups in total. The lowest BCUT2D eigenvalue weighted by molar-refractivity contribution is 0.100. The lowest BCUT2D eigenvalue weighted by Gasteiger charge is -2.15. The maximum atomic E-state index is 11.5. The van der Waals surface area contributed by atoms with Crippen molar-refractivity contribution in [3.8, 4) is 0 Å². The molecule has 1 aliphatic heterocycles. The van der Waals surface area contributed by atoms with Crippen LogP contribution in [0.25, 0.3) is 0 Å². The van der Waals surface area contributed by atoms with Crippen LogP contribution in [0, 0.1) is 0 Å². The average Bonchev–Trinajstić information content (AvgIpc) is 2.95. The Morgan fingerprint density at radius 3 is 2.61 bits per heavy atom. The summed E-state index contributed by atoms with van der Waals surface area (Å²) in [7, 11) is 1.50. The minimum absolute atomic E-state index is 0.297. The minimum atomic E-state index is -0.572. The van der Waals surface area contributed by atoms with Crippen LogP contribution in [0.2, 0.25) is 0 Å². The van der Waals surface area contributed by atoms with Crippen molar-refractivity contribution >= 4 is 34.3 Å². The Kier molecular flexibility index (Phi) is 3.66. The van der Waals surface area contributed by atoms with Gasteiger partial charge >= 0.3 is 6.03 Å². The number of amides is 3. The van der Waals surface area contributed by atoms with E-state index in [9.17, 15) is 9.59 Å². The molecule has 98 valence electrons. The van der Waals surface area contributed by atoms with Crippen molar-refractivity contribution in [3.05, 3.63) is 5.56 Å². The Morgan fingerprint density at radius 1 is 1.39 bits per heavy atom. The molecule has 18 heavy (non-hydrogen) atoms. The van der Waals surface area contributed by atoms with Crippen molar-refractivity contribution in [2.24, 2.45) is 5.73 Å². The van der Waals surface area contributed by atoms with E-state index in [0.717, 1.165) is 37.5 Å². The quantitative estimate of drug-likeness (QED) is 0.747. The fraction of sp³-hybridized carbons (Fsp3) is 0.500. The Labute approximate surface area is 109 Å². The van der Waals surface area contributed by atoms with Gasteiger partial charge in [0.2, 0.25) is 0 Å². The smallest absolute Gasteiger partial charge is 0.319 e. The first-order valence-electron chi connectivity index (χ1n) is 5.66. The van der Waals surface area contributed by atoms with Crippen molar-refractivity contribution in [1.82, 2.24) is 9.69 Å².